The first-order valence-corrected chi connectivity index (χ1v) is 8.70. The van der Waals surface area contributed by atoms with Gasteiger partial charge in [0.1, 0.15) is 15.7 Å². The number of aromatic amines is 6. The minimum atomic E-state index is -1.00. The topological polar surface area (TPSA) is 206 Å². The molecule has 5 rings (SSSR count). The number of fused-ring (bicyclic) bond motifs is 2. The van der Waals surface area contributed by atoms with E-state index in [0.717, 1.165) is 11.2 Å². The standard InChI is InChI=1S/C5H5N5S.C5H4N4S.C4H3FN2O2/c6-5-9-3-2(4(11)10-5)7-1-8-3;10-5-3-4(7-1-6-3)8-2-9-5;5-2-1-6-4(9)7-3(2)8/h1H,(H4,6,7,8,9,10,11);1-2H,(H2,6,7,8,9,10);1H,(H2,6,7,8,9). The molecule has 0 atom stereocenters. The van der Waals surface area contributed by atoms with Crippen LogP contribution in [0, 0.1) is 15.1 Å². The van der Waals surface area contributed by atoms with Crippen LogP contribution in [0.2, 0.25) is 0 Å². The van der Waals surface area contributed by atoms with Gasteiger partial charge in [-0.1, -0.05) is 24.4 Å². The number of H-pyrrole nitrogens is 6. The number of halogens is 1. The van der Waals surface area contributed by atoms with E-state index in [2.05, 4.69) is 39.9 Å². The number of hydrogen-bond acceptors (Lipinski definition) is 9. The monoisotopic (exact) mass is 449 g/mol. The highest BCUT2D eigenvalue weighted by molar-refractivity contribution is 7.71. The minimum absolute atomic E-state index is 0.287. The summed E-state index contributed by atoms with van der Waals surface area (Å²) in [5.74, 6) is -0.704. The molecule has 16 heteroatoms. The molecule has 0 radical (unpaired) electrons. The van der Waals surface area contributed by atoms with E-state index in [1.807, 2.05) is 4.98 Å². The average Bonchev–Trinajstić information content (AvgIpc) is 3.36. The number of nitrogens with one attached hydrogen (secondary N) is 6. The molecular weight excluding hydrogens is 437 g/mol. The van der Waals surface area contributed by atoms with Gasteiger partial charge in [0.05, 0.1) is 19.0 Å². The second kappa shape index (κ2) is 8.97. The summed E-state index contributed by atoms with van der Waals surface area (Å²) in [5.41, 5.74) is 6.49. The number of rotatable bonds is 0. The van der Waals surface area contributed by atoms with Crippen molar-refractivity contribution < 1.29 is 4.39 Å². The van der Waals surface area contributed by atoms with E-state index in [4.69, 9.17) is 30.2 Å². The van der Waals surface area contributed by atoms with Crippen LogP contribution in [0.3, 0.4) is 0 Å². The van der Waals surface area contributed by atoms with Crippen molar-refractivity contribution in [1.82, 2.24) is 49.8 Å². The zero-order valence-electron chi connectivity index (χ0n) is 14.7. The number of nitrogens with two attached hydrogens (primary N) is 1. The summed E-state index contributed by atoms with van der Waals surface area (Å²) >= 11 is 9.85. The molecule has 0 aliphatic heterocycles. The Kier molecular flexibility index (Phi) is 6.18. The van der Waals surface area contributed by atoms with Gasteiger partial charge in [0.2, 0.25) is 11.8 Å². The summed E-state index contributed by atoms with van der Waals surface area (Å²) < 4.78 is 13.1. The fourth-order valence-corrected chi connectivity index (χ4v) is 2.50. The molecule has 5 aromatic rings. The number of aromatic nitrogens is 10. The molecule has 0 aliphatic rings. The summed E-state index contributed by atoms with van der Waals surface area (Å²) in [5, 5.41) is 0. The van der Waals surface area contributed by atoms with Crippen LogP contribution in [-0.2, 0) is 0 Å². The molecule has 0 saturated heterocycles. The van der Waals surface area contributed by atoms with Crippen molar-refractivity contribution in [3.05, 3.63) is 61.1 Å². The van der Waals surface area contributed by atoms with Crippen molar-refractivity contribution >= 4 is 52.7 Å². The second-order valence-corrected chi connectivity index (χ2v) is 6.10. The third-order valence-electron chi connectivity index (χ3n) is 3.32. The van der Waals surface area contributed by atoms with Gasteiger partial charge in [0.15, 0.2) is 15.9 Å². The molecule has 0 unspecified atom stereocenters. The van der Waals surface area contributed by atoms with Gasteiger partial charge in [-0.3, -0.25) is 9.78 Å². The van der Waals surface area contributed by atoms with E-state index in [0.29, 0.717) is 26.6 Å². The molecule has 13 nitrogen and oxygen atoms in total. The molecule has 5 heterocycles. The molecule has 5 aromatic heterocycles. The molecule has 0 fully saturated rings. The lowest BCUT2D eigenvalue weighted by Gasteiger charge is -1.91. The molecule has 154 valence electrons. The van der Waals surface area contributed by atoms with E-state index in [9.17, 15) is 14.0 Å². The van der Waals surface area contributed by atoms with Crippen LogP contribution in [0.5, 0.6) is 0 Å². The van der Waals surface area contributed by atoms with Gasteiger partial charge in [-0.2, -0.15) is 9.37 Å². The van der Waals surface area contributed by atoms with E-state index in [-0.39, 0.29) is 5.95 Å². The van der Waals surface area contributed by atoms with Crippen LogP contribution < -0.4 is 17.0 Å². The highest BCUT2D eigenvalue weighted by atomic mass is 32.1. The lowest BCUT2D eigenvalue weighted by Crippen LogP contribution is -2.23. The number of nitrogens with zero attached hydrogens (tertiary/aromatic N) is 4. The molecule has 0 spiro atoms. The van der Waals surface area contributed by atoms with Gasteiger partial charge >= 0.3 is 5.69 Å². The molecular formula is C14H12FN11O2S2. The molecule has 0 bridgehead atoms. The average molecular weight is 449 g/mol. The first kappa shape index (κ1) is 20.7. The molecule has 0 aliphatic carbocycles. The van der Waals surface area contributed by atoms with E-state index < -0.39 is 17.1 Å². The molecule has 0 aromatic carbocycles. The second-order valence-electron chi connectivity index (χ2n) is 5.31. The van der Waals surface area contributed by atoms with Gasteiger partial charge < -0.3 is 30.7 Å². The molecule has 30 heavy (non-hydrogen) atoms. The van der Waals surface area contributed by atoms with E-state index >= 15 is 0 Å². The Morgan fingerprint density at radius 2 is 1.60 bits per heavy atom. The minimum Gasteiger partial charge on any atom is -0.369 e. The normalized spacial score (nSPS) is 10.2. The Labute approximate surface area is 174 Å². The summed E-state index contributed by atoms with van der Waals surface area (Å²) in [6.07, 6.45) is 5.35. The number of imidazole rings is 2. The fraction of sp³-hybridized carbons (Fsp3) is 0. The first-order chi connectivity index (χ1) is 14.3. The summed E-state index contributed by atoms with van der Waals surface area (Å²) in [7, 11) is 0. The van der Waals surface area contributed by atoms with Crippen molar-refractivity contribution in [2.24, 2.45) is 0 Å². The van der Waals surface area contributed by atoms with Crippen molar-refractivity contribution in [3.8, 4) is 0 Å². The Balaban J connectivity index is 0.000000129. The van der Waals surface area contributed by atoms with Crippen molar-refractivity contribution in [2.75, 3.05) is 5.73 Å². The maximum Gasteiger partial charge on any atom is 0.325 e. The van der Waals surface area contributed by atoms with Gasteiger partial charge in [-0.15, -0.1) is 0 Å². The Morgan fingerprint density at radius 3 is 2.30 bits per heavy atom. The maximum absolute atomic E-state index is 12.0. The van der Waals surface area contributed by atoms with Gasteiger partial charge in [-0.05, 0) is 0 Å². The summed E-state index contributed by atoms with van der Waals surface area (Å²) in [6, 6.07) is 0. The third-order valence-corrected chi connectivity index (χ3v) is 3.94. The van der Waals surface area contributed by atoms with Gasteiger partial charge in [-0.25, -0.2) is 19.7 Å². The van der Waals surface area contributed by atoms with Crippen LogP contribution >= 0.6 is 24.4 Å². The van der Waals surface area contributed by atoms with Gasteiger partial charge in [0, 0.05) is 6.20 Å². The Morgan fingerprint density at radius 1 is 0.900 bits per heavy atom. The smallest absolute Gasteiger partial charge is 0.325 e. The van der Waals surface area contributed by atoms with E-state index in [1.54, 1.807) is 11.3 Å². The lowest BCUT2D eigenvalue weighted by molar-refractivity contribution is 0.597. The SMILES string of the molecule is Nc1nc2nc[nH]c2c(=S)[nH]1.O=c1[nH]cc(F)c(=O)[nH]1.S=c1nc[nH]c2nc[nH]c12. The highest BCUT2D eigenvalue weighted by Gasteiger charge is 1.99. The van der Waals surface area contributed by atoms with Crippen LogP contribution in [0.1, 0.15) is 0 Å². The van der Waals surface area contributed by atoms with E-state index in [1.165, 1.54) is 12.7 Å². The quantitative estimate of drug-likeness (QED) is 0.167. The van der Waals surface area contributed by atoms with Crippen LogP contribution in [0.4, 0.5) is 10.3 Å². The Bertz CT molecular complexity index is 1530. The van der Waals surface area contributed by atoms with Crippen LogP contribution in [-0.4, -0.2) is 49.8 Å². The number of nitrogen functional groups attached to an aromatic ring is 1. The maximum atomic E-state index is 12.0. The van der Waals surface area contributed by atoms with Crippen molar-refractivity contribution in [3.63, 3.8) is 0 Å². The summed E-state index contributed by atoms with van der Waals surface area (Å²) in [6.45, 7) is 0. The Hall–Kier alpha value is -4.05. The predicted octanol–water partition coefficient (Wildman–Crippen LogP) is 0.815. The predicted molar refractivity (Wildman–Crippen MR) is 110 cm³/mol. The van der Waals surface area contributed by atoms with Crippen LogP contribution in [0.15, 0.2) is 34.8 Å². The number of anilines is 1. The number of hydrogen-bond donors (Lipinski definition) is 7. The zero-order valence-corrected chi connectivity index (χ0v) is 16.3. The lowest BCUT2D eigenvalue weighted by atomic mass is 10.6. The molecule has 8 N–H and O–H groups in total. The van der Waals surface area contributed by atoms with Gasteiger partial charge in [0.25, 0.3) is 5.56 Å². The third kappa shape index (κ3) is 4.86. The molecule has 0 saturated carbocycles. The largest absolute Gasteiger partial charge is 0.369 e. The zero-order chi connectivity index (χ0) is 21.7. The fourth-order valence-electron chi connectivity index (χ4n) is 2.04. The van der Waals surface area contributed by atoms with Crippen LogP contribution in [0.25, 0.3) is 22.3 Å². The highest BCUT2D eigenvalue weighted by Crippen LogP contribution is 2.06. The van der Waals surface area contributed by atoms with Crippen molar-refractivity contribution in [2.45, 2.75) is 0 Å². The first-order valence-electron chi connectivity index (χ1n) is 7.88. The van der Waals surface area contributed by atoms with Crippen molar-refractivity contribution in [1.29, 1.82) is 0 Å². The summed E-state index contributed by atoms with van der Waals surface area (Å²) in [4.78, 5) is 50.9. The molecule has 0 amide bonds.